The van der Waals surface area contributed by atoms with Gasteiger partial charge in [0.1, 0.15) is 0 Å². The maximum absolute atomic E-state index is 12.7. The van der Waals surface area contributed by atoms with Gasteiger partial charge < -0.3 is 14.7 Å². The number of piperidine rings is 1. The Labute approximate surface area is 178 Å². The third kappa shape index (κ3) is 6.69. The number of hydrogen-bond acceptors (Lipinski definition) is 5. The van der Waals surface area contributed by atoms with Crippen molar-refractivity contribution >= 4 is 5.91 Å². The Morgan fingerprint density at radius 2 is 1.41 bits per heavy atom. The standard InChI is InChI=1S/C23H43N5O/c1-20(2)26-9-5-22(6-10-26)19-25-13-17-28(18-14-25)23(29)7-8-24-11-15-27(16-12-24)21(3)4/h20,22H,3,5-19H2,1-2,4H3. The van der Waals surface area contributed by atoms with Gasteiger partial charge in [-0.15, -0.1) is 0 Å². The number of piperazine rings is 2. The van der Waals surface area contributed by atoms with Crippen molar-refractivity contribution in [3.8, 4) is 0 Å². The minimum atomic E-state index is 0.345. The molecule has 3 rings (SSSR count). The highest BCUT2D eigenvalue weighted by Gasteiger charge is 2.26. The number of nitrogens with zero attached hydrogens (tertiary/aromatic N) is 5. The molecule has 0 aromatic heterocycles. The molecule has 3 fully saturated rings. The summed E-state index contributed by atoms with van der Waals surface area (Å²) < 4.78 is 0. The summed E-state index contributed by atoms with van der Waals surface area (Å²) in [6, 6.07) is 0.681. The summed E-state index contributed by atoms with van der Waals surface area (Å²) in [5, 5.41) is 0. The predicted molar refractivity (Wildman–Crippen MR) is 120 cm³/mol. The van der Waals surface area contributed by atoms with Gasteiger partial charge in [-0.2, -0.15) is 0 Å². The van der Waals surface area contributed by atoms with E-state index in [1.165, 1.54) is 32.5 Å². The van der Waals surface area contributed by atoms with Gasteiger partial charge in [0.2, 0.25) is 5.91 Å². The lowest BCUT2D eigenvalue weighted by atomic mass is 9.95. The van der Waals surface area contributed by atoms with E-state index in [9.17, 15) is 4.79 Å². The molecule has 3 aliphatic heterocycles. The molecule has 0 saturated carbocycles. The third-order valence-corrected chi connectivity index (χ3v) is 7.17. The highest BCUT2D eigenvalue weighted by atomic mass is 16.2. The zero-order chi connectivity index (χ0) is 20.8. The molecule has 6 heteroatoms. The number of carbonyl (C=O) groups excluding carboxylic acids is 1. The van der Waals surface area contributed by atoms with Crippen molar-refractivity contribution in [2.24, 2.45) is 5.92 Å². The Kier molecular flexibility index (Phi) is 8.39. The van der Waals surface area contributed by atoms with Crippen LogP contribution in [-0.4, -0.2) is 115 Å². The lowest BCUT2D eigenvalue weighted by Crippen LogP contribution is -2.51. The number of amides is 1. The highest BCUT2D eigenvalue weighted by molar-refractivity contribution is 5.76. The van der Waals surface area contributed by atoms with Crippen molar-refractivity contribution in [3.05, 3.63) is 12.3 Å². The van der Waals surface area contributed by atoms with Gasteiger partial charge in [0, 0.05) is 83.6 Å². The van der Waals surface area contributed by atoms with Crippen LogP contribution in [-0.2, 0) is 4.79 Å². The Morgan fingerprint density at radius 1 is 0.862 bits per heavy atom. The quantitative estimate of drug-likeness (QED) is 0.645. The van der Waals surface area contributed by atoms with E-state index in [1.807, 2.05) is 0 Å². The second-order valence-electron chi connectivity index (χ2n) is 9.57. The molecular formula is C23H43N5O. The molecule has 0 aliphatic carbocycles. The van der Waals surface area contributed by atoms with Crippen molar-refractivity contribution in [1.82, 2.24) is 24.5 Å². The Bertz CT molecular complexity index is 527. The lowest BCUT2D eigenvalue weighted by Gasteiger charge is -2.40. The van der Waals surface area contributed by atoms with Gasteiger partial charge in [-0.1, -0.05) is 6.58 Å². The first-order valence-electron chi connectivity index (χ1n) is 11.8. The van der Waals surface area contributed by atoms with Crippen molar-refractivity contribution in [2.75, 3.05) is 78.5 Å². The third-order valence-electron chi connectivity index (χ3n) is 7.17. The van der Waals surface area contributed by atoms with E-state index in [0.717, 1.165) is 70.5 Å². The molecule has 3 saturated heterocycles. The second kappa shape index (κ2) is 10.8. The van der Waals surface area contributed by atoms with Crippen LogP contribution in [0.3, 0.4) is 0 Å². The summed E-state index contributed by atoms with van der Waals surface area (Å²) in [5.41, 5.74) is 1.16. The Morgan fingerprint density at radius 3 is 1.97 bits per heavy atom. The number of rotatable bonds is 7. The van der Waals surface area contributed by atoms with E-state index in [4.69, 9.17) is 0 Å². The Balaban J connectivity index is 1.29. The van der Waals surface area contributed by atoms with Crippen LogP contribution in [0, 0.1) is 5.92 Å². The molecular weight excluding hydrogens is 362 g/mol. The fourth-order valence-corrected chi connectivity index (χ4v) is 4.96. The van der Waals surface area contributed by atoms with Crippen molar-refractivity contribution in [2.45, 2.75) is 46.1 Å². The van der Waals surface area contributed by atoms with Crippen LogP contribution in [0.1, 0.15) is 40.0 Å². The average molecular weight is 406 g/mol. The molecule has 0 unspecified atom stereocenters. The summed E-state index contributed by atoms with van der Waals surface area (Å²) >= 11 is 0. The van der Waals surface area contributed by atoms with Crippen LogP contribution in [0.4, 0.5) is 0 Å². The van der Waals surface area contributed by atoms with Crippen molar-refractivity contribution in [3.63, 3.8) is 0 Å². The first-order valence-corrected chi connectivity index (χ1v) is 11.8. The smallest absolute Gasteiger partial charge is 0.223 e. The maximum atomic E-state index is 12.7. The second-order valence-corrected chi connectivity index (χ2v) is 9.57. The van der Waals surface area contributed by atoms with E-state index in [1.54, 1.807) is 0 Å². The van der Waals surface area contributed by atoms with E-state index in [0.29, 0.717) is 18.4 Å². The van der Waals surface area contributed by atoms with Gasteiger partial charge in [-0.05, 0) is 52.6 Å². The van der Waals surface area contributed by atoms with Gasteiger partial charge in [-0.3, -0.25) is 14.6 Å². The molecule has 0 aromatic carbocycles. The summed E-state index contributed by atoms with van der Waals surface area (Å²) in [6.45, 7) is 23.4. The SMILES string of the molecule is C=C(C)N1CCN(CCC(=O)N2CCN(CC3CCN(C(C)C)CC3)CC2)CC1. The molecule has 29 heavy (non-hydrogen) atoms. The molecule has 0 aromatic rings. The summed E-state index contributed by atoms with van der Waals surface area (Å²) in [6.07, 6.45) is 3.33. The first kappa shape index (κ1) is 22.6. The monoisotopic (exact) mass is 405 g/mol. The highest BCUT2D eigenvalue weighted by Crippen LogP contribution is 2.20. The van der Waals surface area contributed by atoms with Crippen LogP contribution < -0.4 is 0 Å². The predicted octanol–water partition coefficient (Wildman–Crippen LogP) is 1.79. The fraction of sp³-hybridized carbons (Fsp3) is 0.870. The van der Waals surface area contributed by atoms with Gasteiger partial charge in [-0.25, -0.2) is 0 Å². The van der Waals surface area contributed by atoms with Crippen molar-refractivity contribution < 1.29 is 4.79 Å². The Hall–Kier alpha value is -1.11. The molecule has 1 amide bonds. The molecule has 3 heterocycles. The van der Waals surface area contributed by atoms with E-state index in [-0.39, 0.29) is 0 Å². The fourth-order valence-electron chi connectivity index (χ4n) is 4.96. The molecule has 0 atom stereocenters. The minimum absolute atomic E-state index is 0.345. The summed E-state index contributed by atoms with van der Waals surface area (Å²) in [7, 11) is 0. The van der Waals surface area contributed by atoms with Gasteiger partial charge >= 0.3 is 0 Å². The van der Waals surface area contributed by atoms with Gasteiger partial charge in [0.25, 0.3) is 0 Å². The largest absolute Gasteiger partial charge is 0.373 e. The van der Waals surface area contributed by atoms with Crippen LogP contribution in [0.5, 0.6) is 0 Å². The summed E-state index contributed by atoms with van der Waals surface area (Å²) in [4.78, 5) is 24.7. The normalized spacial score (nSPS) is 23.7. The zero-order valence-corrected chi connectivity index (χ0v) is 19.1. The number of likely N-dealkylation sites (tertiary alicyclic amines) is 1. The molecule has 0 bridgehead atoms. The molecule has 6 nitrogen and oxygen atoms in total. The first-order chi connectivity index (χ1) is 13.9. The van der Waals surface area contributed by atoms with Crippen LogP contribution in [0.2, 0.25) is 0 Å². The van der Waals surface area contributed by atoms with E-state index in [2.05, 4.69) is 51.8 Å². The lowest BCUT2D eigenvalue weighted by molar-refractivity contribution is -0.133. The van der Waals surface area contributed by atoms with E-state index >= 15 is 0 Å². The molecule has 0 spiro atoms. The van der Waals surface area contributed by atoms with Crippen molar-refractivity contribution in [1.29, 1.82) is 0 Å². The molecule has 166 valence electrons. The maximum Gasteiger partial charge on any atom is 0.223 e. The average Bonchev–Trinajstić information content (AvgIpc) is 2.73. The zero-order valence-electron chi connectivity index (χ0n) is 19.1. The molecule has 0 N–H and O–H groups in total. The topological polar surface area (TPSA) is 33.3 Å². The van der Waals surface area contributed by atoms with Crippen LogP contribution in [0.15, 0.2) is 12.3 Å². The van der Waals surface area contributed by atoms with E-state index < -0.39 is 0 Å². The van der Waals surface area contributed by atoms with Gasteiger partial charge in [0.05, 0.1) is 0 Å². The summed E-state index contributed by atoms with van der Waals surface area (Å²) in [5.74, 6) is 1.18. The number of allylic oxidation sites excluding steroid dienone is 1. The molecule has 0 radical (unpaired) electrons. The number of carbonyl (C=O) groups is 1. The molecule has 3 aliphatic rings. The minimum Gasteiger partial charge on any atom is -0.373 e. The van der Waals surface area contributed by atoms with Gasteiger partial charge in [0.15, 0.2) is 0 Å². The number of hydrogen-bond donors (Lipinski definition) is 0. The van der Waals surface area contributed by atoms with Crippen LogP contribution in [0.25, 0.3) is 0 Å². The van der Waals surface area contributed by atoms with Crippen LogP contribution >= 0.6 is 0 Å².